The zero-order valence-corrected chi connectivity index (χ0v) is 14.9. The topological polar surface area (TPSA) is 122 Å². The number of hydrogen-bond acceptors (Lipinski definition) is 6. The van der Waals surface area contributed by atoms with Crippen LogP contribution in [0.3, 0.4) is 0 Å². The largest absolute Gasteiger partial charge is 0.506 e. The maximum Gasteiger partial charge on any atom is 0.276 e. The Balaban J connectivity index is 2.28. The molecule has 2 rings (SSSR count). The summed E-state index contributed by atoms with van der Waals surface area (Å²) in [6, 6.07) is 6.11. The first-order valence-electron chi connectivity index (χ1n) is 6.60. The number of halogens is 2. The summed E-state index contributed by atoms with van der Waals surface area (Å²) in [5, 5.41) is 24.4. The predicted octanol–water partition coefficient (Wildman–Crippen LogP) is 3.23. The quantitative estimate of drug-likeness (QED) is 0.450. The van der Waals surface area contributed by atoms with E-state index < -0.39 is 14.9 Å². The first kappa shape index (κ1) is 19.0. The molecule has 0 aliphatic rings. The standard InChI is InChI=1S/C14H11Cl2N3O5S/c1-8-2-3-11(6-13(8)19(21)22)25(23,24)18-17-7-9-4-10(15)5-12(16)14(9)20/h2-7,18,20H,1H3/b17-7+. The van der Waals surface area contributed by atoms with E-state index in [1.165, 1.54) is 31.2 Å². The zero-order valence-electron chi connectivity index (χ0n) is 12.6. The first-order chi connectivity index (χ1) is 11.6. The van der Waals surface area contributed by atoms with Gasteiger partial charge in [0.15, 0.2) is 0 Å². The van der Waals surface area contributed by atoms with Gasteiger partial charge in [-0.3, -0.25) is 10.1 Å². The number of benzene rings is 2. The first-order valence-corrected chi connectivity index (χ1v) is 8.83. The summed E-state index contributed by atoms with van der Waals surface area (Å²) in [5.74, 6) is -0.319. The van der Waals surface area contributed by atoms with Crippen molar-refractivity contribution < 1.29 is 18.4 Å². The van der Waals surface area contributed by atoms with Gasteiger partial charge in [-0.15, -0.1) is 0 Å². The number of nitrogens with one attached hydrogen (secondary N) is 1. The molecule has 0 aromatic heterocycles. The molecule has 0 spiro atoms. The minimum absolute atomic E-state index is 0.0223. The van der Waals surface area contributed by atoms with Gasteiger partial charge in [-0.1, -0.05) is 29.3 Å². The monoisotopic (exact) mass is 403 g/mol. The molecule has 0 aliphatic carbocycles. The minimum Gasteiger partial charge on any atom is -0.506 e. The van der Waals surface area contributed by atoms with Gasteiger partial charge in [0.25, 0.3) is 15.7 Å². The summed E-state index contributed by atoms with van der Waals surface area (Å²) in [6.07, 6.45) is 1.01. The Bertz CT molecular complexity index is 977. The summed E-state index contributed by atoms with van der Waals surface area (Å²) >= 11 is 11.5. The van der Waals surface area contributed by atoms with E-state index in [9.17, 15) is 23.6 Å². The second-order valence-corrected chi connectivity index (χ2v) is 7.39. The highest BCUT2D eigenvalue weighted by Gasteiger charge is 2.19. The highest BCUT2D eigenvalue weighted by molar-refractivity contribution is 7.89. The molecular weight excluding hydrogens is 393 g/mol. The number of rotatable bonds is 5. The summed E-state index contributed by atoms with van der Waals surface area (Å²) in [7, 11) is -4.14. The van der Waals surface area contributed by atoms with E-state index in [-0.39, 0.29) is 31.9 Å². The van der Waals surface area contributed by atoms with Gasteiger partial charge < -0.3 is 5.11 Å². The third-order valence-corrected chi connectivity index (χ3v) is 4.85. The van der Waals surface area contributed by atoms with Gasteiger partial charge >= 0.3 is 0 Å². The third kappa shape index (κ3) is 4.38. The summed E-state index contributed by atoms with van der Waals surface area (Å²) < 4.78 is 24.3. The van der Waals surface area contributed by atoms with Crippen LogP contribution in [0.25, 0.3) is 0 Å². The number of nitrogens with zero attached hydrogens (tertiary/aromatic N) is 2. The molecule has 0 saturated heterocycles. The van der Waals surface area contributed by atoms with E-state index >= 15 is 0 Å². The highest BCUT2D eigenvalue weighted by Crippen LogP contribution is 2.30. The van der Waals surface area contributed by atoms with E-state index in [4.69, 9.17) is 23.2 Å². The third-order valence-electron chi connectivity index (χ3n) is 3.12. The summed E-state index contributed by atoms with van der Waals surface area (Å²) in [6.45, 7) is 1.49. The number of aromatic hydroxyl groups is 1. The molecule has 0 saturated carbocycles. The maximum absolute atomic E-state index is 12.2. The molecule has 8 nitrogen and oxygen atoms in total. The van der Waals surface area contributed by atoms with E-state index in [1.54, 1.807) is 0 Å². The van der Waals surface area contributed by atoms with Gasteiger partial charge in [-0.05, 0) is 25.1 Å². The lowest BCUT2D eigenvalue weighted by molar-refractivity contribution is -0.385. The Hall–Kier alpha value is -2.36. The van der Waals surface area contributed by atoms with E-state index in [2.05, 4.69) is 5.10 Å². The highest BCUT2D eigenvalue weighted by atomic mass is 35.5. The van der Waals surface area contributed by atoms with Gasteiger partial charge in [0.05, 0.1) is 21.1 Å². The second-order valence-electron chi connectivity index (χ2n) is 4.88. The van der Waals surface area contributed by atoms with Crippen molar-refractivity contribution >= 4 is 45.1 Å². The van der Waals surface area contributed by atoms with Gasteiger partial charge in [0.1, 0.15) is 5.75 Å². The van der Waals surface area contributed by atoms with Crippen molar-refractivity contribution in [2.45, 2.75) is 11.8 Å². The lowest BCUT2D eigenvalue weighted by Gasteiger charge is -2.05. The molecule has 25 heavy (non-hydrogen) atoms. The van der Waals surface area contributed by atoms with Crippen LogP contribution < -0.4 is 4.83 Å². The maximum atomic E-state index is 12.2. The molecule has 0 unspecified atom stereocenters. The molecule has 0 atom stereocenters. The van der Waals surface area contributed by atoms with Crippen LogP contribution in [0.4, 0.5) is 5.69 Å². The number of aryl methyl sites for hydroxylation is 1. The van der Waals surface area contributed by atoms with Crippen LogP contribution in [-0.4, -0.2) is 24.7 Å². The van der Waals surface area contributed by atoms with Crippen molar-refractivity contribution in [2.24, 2.45) is 5.10 Å². The molecular formula is C14H11Cl2N3O5S. The van der Waals surface area contributed by atoms with Crippen LogP contribution in [0, 0.1) is 17.0 Å². The van der Waals surface area contributed by atoms with Crippen LogP contribution >= 0.6 is 23.2 Å². The predicted molar refractivity (Wildman–Crippen MR) is 93.9 cm³/mol. The second kappa shape index (κ2) is 7.26. The zero-order chi connectivity index (χ0) is 18.8. The van der Waals surface area contributed by atoms with Gasteiger partial charge in [0, 0.05) is 22.2 Å². The van der Waals surface area contributed by atoms with Crippen molar-refractivity contribution in [1.29, 1.82) is 0 Å². The molecule has 0 bridgehead atoms. The van der Waals surface area contributed by atoms with E-state index in [1.807, 2.05) is 4.83 Å². The molecule has 0 heterocycles. The Labute approximate surface area is 152 Å². The van der Waals surface area contributed by atoms with Crippen molar-refractivity contribution in [3.8, 4) is 5.75 Å². The number of phenols is 1. The summed E-state index contributed by atoms with van der Waals surface area (Å²) in [4.78, 5) is 11.8. The summed E-state index contributed by atoms with van der Waals surface area (Å²) in [5.41, 5.74) is 0.0900. The Morgan fingerprint density at radius 2 is 1.96 bits per heavy atom. The number of sulfonamides is 1. The average molecular weight is 404 g/mol. The van der Waals surface area contributed by atoms with Crippen LogP contribution in [0.5, 0.6) is 5.75 Å². The molecule has 0 aliphatic heterocycles. The Morgan fingerprint density at radius 3 is 2.60 bits per heavy atom. The normalized spacial score (nSPS) is 11.6. The van der Waals surface area contributed by atoms with Crippen molar-refractivity contribution in [3.05, 3.63) is 61.6 Å². The minimum atomic E-state index is -4.14. The molecule has 0 radical (unpaired) electrons. The van der Waals surface area contributed by atoms with E-state index in [0.717, 1.165) is 12.3 Å². The van der Waals surface area contributed by atoms with E-state index in [0.29, 0.717) is 5.56 Å². The van der Waals surface area contributed by atoms with Crippen LogP contribution in [0.15, 0.2) is 40.3 Å². The number of phenolic OH excluding ortho intramolecular Hbond substituents is 1. The Morgan fingerprint density at radius 1 is 1.28 bits per heavy atom. The number of hydrazone groups is 1. The van der Waals surface area contributed by atoms with Crippen LogP contribution in [0.2, 0.25) is 10.0 Å². The lowest BCUT2D eigenvalue weighted by Crippen LogP contribution is -2.18. The molecule has 2 N–H and O–H groups in total. The van der Waals surface area contributed by atoms with Gasteiger partial charge in [-0.25, -0.2) is 4.83 Å². The Kier molecular flexibility index (Phi) is 5.51. The smallest absolute Gasteiger partial charge is 0.276 e. The number of nitro groups is 1. The molecule has 2 aromatic carbocycles. The number of nitro benzene ring substituents is 1. The molecule has 0 fully saturated rings. The SMILES string of the molecule is Cc1ccc(S(=O)(=O)N/N=C/c2cc(Cl)cc(Cl)c2O)cc1[N+](=O)[O-]. The van der Waals surface area contributed by atoms with Crippen molar-refractivity contribution in [3.63, 3.8) is 0 Å². The fourth-order valence-electron chi connectivity index (χ4n) is 1.86. The molecule has 2 aromatic rings. The molecule has 11 heteroatoms. The van der Waals surface area contributed by atoms with Crippen LogP contribution in [0.1, 0.15) is 11.1 Å². The van der Waals surface area contributed by atoms with Crippen LogP contribution in [-0.2, 0) is 10.0 Å². The fraction of sp³-hybridized carbons (Fsp3) is 0.0714. The van der Waals surface area contributed by atoms with Gasteiger partial charge in [-0.2, -0.15) is 13.5 Å². The fourth-order valence-corrected chi connectivity index (χ4v) is 3.18. The van der Waals surface area contributed by atoms with Gasteiger partial charge in [0.2, 0.25) is 0 Å². The average Bonchev–Trinajstić information content (AvgIpc) is 2.51. The molecule has 0 amide bonds. The van der Waals surface area contributed by atoms with Crippen molar-refractivity contribution in [2.75, 3.05) is 0 Å². The molecule has 132 valence electrons. The van der Waals surface area contributed by atoms with Crippen molar-refractivity contribution in [1.82, 2.24) is 4.83 Å². The lowest BCUT2D eigenvalue weighted by atomic mass is 10.2. The number of hydrogen-bond donors (Lipinski definition) is 2.